The van der Waals surface area contributed by atoms with Gasteiger partial charge in [0.2, 0.25) is 0 Å². The molecule has 0 spiro atoms. The number of nitrogens with zero attached hydrogens (tertiary/aromatic N) is 1. The zero-order chi connectivity index (χ0) is 16.6. The molecule has 0 aliphatic carbocycles. The molecule has 0 aliphatic heterocycles. The number of pyridine rings is 1. The monoisotopic (exact) mass is 327 g/mol. The zero-order valence-electron chi connectivity index (χ0n) is 12.6. The second-order valence-electron chi connectivity index (χ2n) is 5.18. The topological polar surface area (TPSA) is 59.4 Å². The minimum Gasteiger partial charge on any atom is -0.497 e. The van der Waals surface area contributed by atoms with E-state index in [4.69, 9.17) is 16.3 Å². The number of hydrogen-bond donors (Lipinski definition) is 1. The average molecular weight is 328 g/mol. The van der Waals surface area contributed by atoms with Gasteiger partial charge >= 0.3 is 5.97 Å². The summed E-state index contributed by atoms with van der Waals surface area (Å²) in [6.45, 7) is 1.88. The van der Waals surface area contributed by atoms with E-state index in [0.29, 0.717) is 21.6 Å². The second-order valence-corrected chi connectivity index (χ2v) is 5.58. The van der Waals surface area contributed by atoms with Gasteiger partial charge in [0.25, 0.3) is 0 Å². The van der Waals surface area contributed by atoms with Crippen molar-refractivity contribution in [2.45, 2.75) is 6.92 Å². The molecule has 0 radical (unpaired) electrons. The Bertz CT molecular complexity index is 904. The molecule has 1 aromatic heterocycles. The molecular formula is C18H14ClNO3. The van der Waals surface area contributed by atoms with Crippen LogP contribution in [0.1, 0.15) is 15.9 Å². The van der Waals surface area contributed by atoms with Crippen LogP contribution in [0.15, 0.2) is 42.5 Å². The molecule has 5 heteroatoms. The molecule has 0 aliphatic rings. The Kier molecular flexibility index (Phi) is 3.92. The Morgan fingerprint density at radius 1 is 1.17 bits per heavy atom. The van der Waals surface area contributed by atoms with Crippen molar-refractivity contribution in [3.05, 3.63) is 58.6 Å². The summed E-state index contributed by atoms with van der Waals surface area (Å²) < 4.78 is 5.14. The van der Waals surface area contributed by atoms with Crippen molar-refractivity contribution in [2.24, 2.45) is 0 Å². The van der Waals surface area contributed by atoms with Gasteiger partial charge in [0.05, 0.1) is 28.9 Å². The molecule has 0 amide bonds. The molecule has 0 saturated carbocycles. The van der Waals surface area contributed by atoms with Crippen molar-refractivity contribution in [1.82, 2.24) is 4.98 Å². The Labute approximate surface area is 138 Å². The molecule has 0 atom stereocenters. The first-order valence-corrected chi connectivity index (χ1v) is 7.36. The molecule has 1 heterocycles. The van der Waals surface area contributed by atoms with Gasteiger partial charge in [-0.2, -0.15) is 0 Å². The fraction of sp³-hybridized carbons (Fsp3) is 0.111. The predicted molar refractivity (Wildman–Crippen MR) is 90.4 cm³/mol. The highest BCUT2D eigenvalue weighted by molar-refractivity contribution is 6.36. The number of carbonyl (C=O) groups is 1. The van der Waals surface area contributed by atoms with Crippen LogP contribution in [0, 0.1) is 6.92 Å². The number of rotatable bonds is 3. The van der Waals surface area contributed by atoms with E-state index in [1.165, 1.54) is 0 Å². The van der Waals surface area contributed by atoms with Gasteiger partial charge in [-0.25, -0.2) is 9.78 Å². The van der Waals surface area contributed by atoms with Crippen LogP contribution in [0.4, 0.5) is 0 Å². The van der Waals surface area contributed by atoms with Crippen molar-refractivity contribution in [3.8, 4) is 17.0 Å². The highest BCUT2D eigenvalue weighted by Crippen LogP contribution is 2.32. The fourth-order valence-corrected chi connectivity index (χ4v) is 2.77. The van der Waals surface area contributed by atoms with Crippen molar-refractivity contribution < 1.29 is 14.6 Å². The summed E-state index contributed by atoms with van der Waals surface area (Å²) in [5, 5.41) is 10.4. The number of carboxylic acids is 1. The number of benzene rings is 2. The third-order valence-electron chi connectivity index (χ3n) is 3.73. The number of aromatic nitrogens is 1. The standard InChI is InChI=1S/C18H14ClNO3/c1-10-3-8-14(19)16-13(18(21)22)9-15(20-17(10)16)11-4-6-12(23-2)7-5-11/h3-9H,1-2H3,(H,21,22). The molecule has 0 bridgehead atoms. The van der Waals surface area contributed by atoms with Gasteiger partial charge in [0, 0.05) is 10.9 Å². The summed E-state index contributed by atoms with van der Waals surface area (Å²) in [6, 6.07) is 12.4. The van der Waals surface area contributed by atoms with Crippen molar-refractivity contribution in [2.75, 3.05) is 7.11 Å². The van der Waals surface area contributed by atoms with Gasteiger partial charge in [0.1, 0.15) is 5.75 Å². The molecule has 1 N–H and O–H groups in total. The van der Waals surface area contributed by atoms with Gasteiger partial charge in [-0.15, -0.1) is 0 Å². The van der Waals surface area contributed by atoms with E-state index in [1.54, 1.807) is 19.2 Å². The first kappa shape index (κ1) is 15.3. The summed E-state index contributed by atoms with van der Waals surface area (Å²) in [7, 11) is 1.59. The quantitative estimate of drug-likeness (QED) is 0.765. The number of aryl methyl sites for hydroxylation is 1. The normalized spacial score (nSPS) is 10.7. The lowest BCUT2D eigenvalue weighted by molar-refractivity contribution is 0.0699. The van der Waals surface area contributed by atoms with Crippen LogP contribution in [0.5, 0.6) is 5.75 Å². The molecule has 2 aromatic carbocycles. The highest BCUT2D eigenvalue weighted by atomic mass is 35.5. The van der Waals surface area contributed by atoms with E-state index in [2.05, 4.69) is 4.98 Å². The van der Waals surface area contributed by atoms with Gasteiger partial charge in [-0.3, -0.25) is 0 Å². The number of fused-ring (bicyclic) bond motifs is 1. The fourth-order valence-electron chi connectivity index (χ4n) is 2.51. The first-order chi connectivity index (χ1) is 11.0. The number of hydrogen-bond acceptors (Lipinski definition) is 3. The minimum absolute atomic E-state index is 0.148. The third-order valence-corrected chi connectivity index (χ3v) is 4.04. The predicted octanol–water partition coefficient (Wildman–Crippen LogP) is 4.57. The van der Waals surface area contributed by atoms with Crippen LogP contribution in [-0.4, -0.2) is 23.2 Å². The molecule has 0 saturated heterocycles. The number of ether oxygens (including phenoxy) is 1. The number of methoxy groups -OCH3 is 1. The Balaban J connectivity index is 2.30. The SMILES string of the molecule is COc1ccc(-c2cc(C(=O)O)c3c(Cl)ccc(C)c3n2)cc1. The zero-order valence-corrected chi connectivity index (χ0v) is 13.4. The summed E-state index contributed by atoms with van der Waals surface area (Å²) in [6.07, 6.45) is 0. The lowest BCUT2D eigenvalue weighted by atomic mass is 10.0. The van der Waals surface area contributed by atoms with Crippen LogP contribution in [-0.2, 0) is 0 Å². The maximum Gasteiger partial charge on any atom is 0.336 e. The van der Waals surface area contributed by atoms with Crippen LogP contribution in [0.3, 0.4) is 0 Å². The molecule has 116 valence electrons. The van der Waals surface area contributed by atoms with Crippen LogP contribution >= 0.6 is 11.6 Å². The van der Waals surface area contributed by atoms with E-state index in [1.807, 2.05) is 37.3 Å². The molecule has 0 fully saturated rings. The molecule has 0 unspecified atom stereocenters. The maximum absolute atomic E-state index is 11.7. The Morgan fingerprint density at radius 2 is 1.87 bits per heavy atom. The van der Waals surface area contributed by atoms with Crippen LogP contribution < -0.4 is 4.74 Å². The lowest BCUT2D eigenvalue weighted by Crippen LogP contribution is -2.01. The van der Waals surface area contributed by atoms with Gasteiger partial charge in [0.15, 0.2) is 0 Å². The molecule has 4 nitrogen and oxygen atoms in total. The van der Waals surface area contributed by atoms with Crippen LogP contribution in [0.2, 0.25) is 5.02 Å². The van der Waals surface area contributed by atoms with Crippen molar-refractivity contribution in [1.29, 1.82) is 0 Å². The van der Waals surface area contributed by atoms with Gasteiger partial charge < -0.3 is 9.84 Å². The van der Waals surface area contributed by atoms with Gasteiger partial charge in [-0.1, -0.05) is 17.7 Å². The van der Waals surface area contributed by atoms with E-state index in [-0.39, 0.29) is 5.56 Å². The summed E-state index contributed by atoms with van der Waals surface area (Å²) in [4.78, 5) is 16.3. The maximum atomic E-state index is 11.7. The first-order valence-electron chi connectivity index (χ1n) is 6.99. The Hall–Kier alpha value is -2.59. The van der Waals surface area contributed by atoms with E-state index in [0.717, 1.165) is 16.9 Å². The van der Waals surface area contributed by atoms with Crippen molar-refractivity contribution in [3.63, 3.8) is 0 Å². The summed E-state index contributed by atoms with van der Waals surface area (Å²) in [5.74, 6) is -0.299. The summed E-state index contributed by atoms with van der Waals surface area (Å²) >= 11 is 6.20. The van der Waals surface area contributed by atoms with E-state index >= 15 is 0 Å². The number of carboxylic acid groups (broad SMARTS) is 1. The second kappa shape index (κ2) is 5.89. The van der Waals surface area contributed by atoms with E-state index < -0.39 is 5.97 Å². The largest absolute Gasteiger partial charge is 0.497 e. The third kappa shape index (κ3) is 2.73. The van der Waals surface area contributed by atoms with Crippen LogP contribution in [0.25, 0.3) is 22.2 Å². The Morgan fingerprint density at radius 3 is 2.48 bits per heavy atom. The lowest BCUT2D eigenvalue weighted by Gasteiger charge is -2.11. The van der Waals surface area contributed by atoms with Crippen molar-refractivity contribution >= 4 is 28.5 Å². The number of halogens is 1. The average Bonchev–Trinajstić information content (AvgIpc) is 2.57. The molecular weight excluding hydrogens is 314 g/mol. The minimum atomic E-state index is -1.03. The highest BCUT2D eigenvalue weighted by Gasteiger charge is 2.16. The van der Waals surface area contributed by atoms with Gasteiger partial charge in [-0.05, 0) is 48.9 Å². The number of aromatic carboxylic acids is 1. The molecule has 3 aromatic rings. The smallest absolute Gasteiger partial charge is 0.336 e. The molecule has 23 heavy (non-hydrogen) atoms. The van der Waals surface area contributed by atoms with E-state index in [9.17, 15) is 9.90 Å². The summed E-state index contributed by atoms with van der Waals surface area (Å²) in [5.41, 5.74) is 3.03. The molecule has 3 rings (SSSR count).